The number of ether oxygens (including phenoxy) is 1. The molecule has 0 unspecified atom stereocenters. The van der Waals surface area contributed by atoms with Crippen LogP contribution in [-0.4, -0.2) is 22.0 Å². The lowest BCUT2D eigenvalue weighted by molar-refractivity contribution is -0.384. The number of methoxy groups -OCH3 is 1. The summed E-state index contributed by atoms with van der Waals surface area (Å²) in [4.78, 5) is 18.8. The molecule has 1 aromatic heterocycles. The van der Waals surface area contributed by atoms with Crippen molar-refractivity contribution >= 4 is 34.0 Å². The van der Waals surface area contributed by atoms with Gasteiger partial charge in [-0.3, -0.25) is 10.1 Å². The van der Waals surface area contributed by atoms with Gasteiger partial charge in [0.25, 0.3) is 5.69 Å². The second-order valence-electron chi connectivity index (χ2n) is 5.00. The third kappa shape index (κ3) is 3.21. The maximum absolute atomic E-state index is 11.1. The van der Waals surface area contributed by atoms with Crippen LogP contribution in [0, 0.1) is 10.1 Å². The molecule has 0 aliphatic carbocycles. The van der Waals surface area contributed by atoms with Crippen molar-refractivity contribution in [3.05, 3.63) is 63.4 Å². The first-order valence-electron chi connectivity index (χ1n) is 7.04. The summed E-state index contributed by atoms with van der Waals surface area (Å²) < 4.78 is 5.12. The van der Waals surface area contributed by atoms with E-state index in [2.05, 4.69) is 15.3 Å². The van der Waals surface area contributed by atoms with Crippen LogP contribution in [0.25, 0.3) is 10.9 Å². The van der Waals surface area contributed by atoms with Crippen molar-refractivity contribution in [1.82, 2.24) is 9.97 Å². The number of halogens is 1. The van der Waals surface area contributed by atoms with Gasteiger partial charge in [-0.15, -0.1) is 0 Å². The molecule has 0 spiro atoms. The number of rotatable bonds is 5. The first-order valence-corrected chi connectivity index (χ1v) is 7.41. The first-order chi connectivity index (χ1) is 11.6. The summed E-state index contributed by atoms with van der Waals surface area (Å²) in [5.74, 6) is 1.28. The zero-order valence-corrected chi connectivity index (χ0v) is 13.4. The van der Waals surface area contributed by atoms with E-state index in [1.54, 1.807) is 7.11 Å². The highest BCUT2D eigenvalue weighted by Gasteiger charge is 2.16. The van der Waals surface area contributed by atoms with Gasteiger partial charge in [-0.1, -0.05) is 23.7 Å². The standard InChI is InChI=1S/C16H13ClN4O3/c1-24-11-4-2-10(3-5-11)8-18-16-12-6-15(21(22)23)13(17)7-14(12)19-9-20-16/h2-7,9H,8H2,1H3,(H,18,19,20). The zero-order valence-electron chi connectivity index (χ0n) is 12.7. The van der Waals surface area contributed by atoms with Gasteiger partial charge in [0, 0.05) is 18.0 Å². The number of anilines is 1. The number of nitrogens with one attached hydrogen (secondary N) is 1. The Balaban J connectivity index is 1.90. The van der Waals surface area contributed by atoms with E-state index in [4.69, 9.17) is 16.3 Å². The topological polar surface area (TPSA) is 90.2 Å². The van der Waals surface area contributed by atoms with E-state index in [1.807, 2.05) is 24.3 Å². The predicted molar refractivity (Wildman–Crippen MR) is 91.5 cm³/mol. The van der Waals surface area contributed by atoms with Crippen LogP contribution in [0.4, 0.5) is 11.5 Å². The van der Waals surface area contributed by atoms with Crippen LogP contribution in [0.3, 0.4) is 0 Å². The summed E-state index contributed by atoms with van der Waals surface area (Å²) in [6, 6.07) is 10.4. The summed E-state index contributed by atoms with van der Waals surface area (Å²) in [5, 5.41) is 14.8. The monoisotopic (exact) mass is 344 g/mol. The molecule has 0 saturated heterocycles. The van der Waals surface area contributed by atoms with Gasteiger partial charge in [-0.2, -0.15) is 0 Å². The number of nitro groups is 1. The second-order valence-corrected chi connectivity index (χ2v) is 5.41. The van der Waals surface area contributed by atoms with Crippen molar-refractivity contribution in [2.75, 3.05) is 12.4 Å². The van der Waals surface area contributed by atoms with Gasteiger partial charge in [0.15, 0.2) is 0 Å². The number of fused-ring (bicyclic) bond motifs is 1. The Bertz CT molecular complexity index is 900. The summed E-state index contributed by atoms with van der Waals surface area (Å²) in [6.45, 7) is 0.506. The van der Waals surface area contributed by atoms with Gasteiger partial charge in [0.1, 0.15) is 22.9 Å². The number of nitro benzene ring substituents is 1. The Kier molecular flexibility index (Phi) is 4.43. The number of benzene rings is 2. The number of hydrogen-bond donors (Lipinski definition) is 1. The number of aromatic nitrogens is 2. The number of nitrogens with zero attached hydrogens (tertiary/aromatic N) is 3. The zero-order chi connectivity index (χ0) is 17.1. The molecular weight excluding hydrogens is 332 g/mol. The molecular formula is C16H13ClN4O3. The van der Waals surface area contributed by atoms with Gasteiger partial charge in [-0.25, -0.2) is 9.97 Å². The summed E-state index contributed by atoms with van der Waals surface area (Å²) in [5.41, 5.74) is 1.38. The first kappa shape index (κ1) is 15.9. The van der Waals surface area contributed by atoms with Gasteiger partial charge in [-0.05, 0) is 23.8 Å². The maximum Gasteiger partial charge on any atom is 0.288 e. The molecule has 8 heteroatoms. The quantitative estimate of drug-likeness (QED) is 0.559. The second kappa shape index (κ2) is 6.67. The molecule has 3 aromatic rings. The minimum atomic E-state index is -0.526. The SMILES string of the molecule is COc1ccc(CNc2ncnc3cc(Cl)c([N+](=O)[O-])cc23)cc1. The maximum atomic E-state index is 11.1. The third-order valence-corrected chi connectivity index (χ3v) is 3.82. The summed E-state index contributed by atoms with van der Waals surface area (Å²) in [7, 11) is 1.61. The van der Waals surface area contributed by atoms with E-state index in [-0.39, 0.29) is 10.7 Å². The molecule has 0 atom stereocenters. The van der Waals surface area contributed by atoms with Crippen LogP contribution in [0.2, 0.25) is 5.02 Å². The fourth-order valence-corrected chi connectivity index (χ4v) is 2.50. The van der Waals surface area contributed by atoms with E-state index in [9.17, 15) is 10.1 Å². The molecule has 122 valence electrons. The fourth-order valence-electron chi connectivity index (χ4n) is 2.28. The van der Waals surface area contributed by atoms with Crippen molar-refractivity contribution < 1.29 is 9.66 Å². The van der Waals surface area contributed by atoms with Crippen LogP contribution in [-0.2, 0) is 6.54 Å². The van der Waals surface area contributed by atoms with Crippen LogP contribution >= 0.6 is 11.6 Å². The van der Waals surface area contributed by atoms with Crippen LogP contribution in [0.1, 0.15) is 5.56 Å². The highest BCUT2D eigenvalue weighted by molar-refractivity contribution is 6.33. The van der Waals surface area contributed by atoms with Crippen molar-refractivity contribution in [2.45, 2.75) is 6.54 Å². The molecule has 0 saturated carbocycles. The molecule has 1 heterocycles. The molecule has 24 heavy (non-hydrogen) atoms. The van der Waals surface area contributed by atoms with Gasteiger partial charge >= 0.3 is 0 Å². The molecule has 0 aliphatic rings. The highest BCUT2D eigenvalue weighted by atomic mass is 35.5. The smallest absolute Gasteiger partial charge is 0.288 e. The Morgan fingerprint density at radius 2 is 2.00 bits per heavy atom. The normalized spacial score (nSPS) is 10.6. The van der Waals surface area contributed by atoms with Gasteiger partial charge in [0.05, 0.1) is 17.5 Å². The molecule has 0 amide bonds. The summed E-state index contributed by atoms with van der Waals surface area (Å²) in [6.07, 6.45) is 1.39. The minimum Gasteiger partial charge on any atom is -0.497 e. The van der Waals surface area contributed by atoms with Crippen LogP contribution in [0.5, 0.6) is 5.75 Å². The summed E-state index contributed by atoms with van der Waals surface area (Å²) >= 11 is 5.92. The van der Waals surface area contributed by atoms with Crippen molar-refractivity contribution in [1.29, 1.82) is 0 Å². The molecule has 0 aliphatic heterocycles. The lowest BCUT2D eigenvalue weighted by Crippen LogP contribution is -2.03. The Labute approximate surface area is 142 Å². The molecule has 0 fully saturated rings. The van der Waals surface area contributed by atoms with E-state index in [0.717, 1.165) is 11.3 Å². The molecule has 2 aromatic carbocycles. The van der Waals surface area contributed by atoms with E-state index in [0.29, 0.717) is 23.3 Å². The van der Waals surface area contributed by atoms with Crippen LogP contribution < -0.4 is 10.1 Å². The lowest BCUT2D eigenvalue weighted by Gasteiger charge is -2.09. The van der Waals surface area contributed by atoms with E-state index < -0.39 is 4.92 Å². The van der Waals surface area contributed by atoms with E-state index >= 15 is 0 Å². The van der Waals surface area contributed by atoms with Crippen molar-refractivity contribution in [3.8, 4) is 5.75 Å². The van der Waals surface area contributed by atoms with Gasteiger partial charge in [0.2, 0.25) is 0 Å². The minimum absolute atomic E-state index is 0.0484. The Morgan fingerprint density at radius 3 is 2.67 bits per heavy atom. The van der Waals surface area contributed by atoms with Crippen LogP contribution in [0.15, 0.2) is 42.7 Å². The van der Waals surface area contributed by atoms with Crippen molar-refractivity contribution in [3.63, 3.8) is 0 Å². The third-order valence-electron chi connectivity index (χ3n) is 3.52. The average Bonchev–Trinajstić information content (AvgIpc) is 2.59. The fraction of sp³-hybridized carbons (Fsp3) is 0.125. The number of hydrogen-bond acceptors (Lipinski definition) is 6. The molecule has 3 rings (SSSR count). The highest BCUT2D eigenvalue weighted by Crippen LogP contribution is 2.31. The van der Waals surface area contributed by atoms with Crippen molar-refractivity contribution in [2.24, 2.45) is 0 Å². The van der Waals surface area contributed by atoms with Gasteiger partial charge < -0.3 is 10.1 Å². The lowest BCUT2D eigenvalue weighted by atomic mass is 10.2. The Morgan fingerprint density at radius 1 is 1.25 bits per heavy atom. The molecule has 1 N–H and O–H groups in total. The van der Waals surface area contributed by atoms with E-state index in [1.165, 1.54) is 18.5 Å². The molecule has 0 radical (unpaired) electrons. The molecule has 7 nitrogen and oxygen atoms in total. The average molecular weight is 345 g/mol. The predicted octanol–water partition coefficient (Wildman–Crippen LogP) is 3.81. The largest absolute Gasteiger partial charge is 0.497 e. The Hall–Kier alpha value is -2.93. The molecule has 0 bridgehead atoms.